The molecular weight excluding hydrogens is 349 g/mol. The number of para-hydroxylation sites is 1. The second kappa shape index (κ2) is 8.27. The number of nitrogens with one attached hydrogen (secondary N) is 2. The van der Waals surface area contributed by atoms with Crippen LogP contribution in [0.15, 0.2) is 66.3 Å². The first kappa shape index (κ1) is 18.3. The van der Waals surface area contributed by atoms with Crippen molar-refractivity contribution in [3.63, 3.8) is 0 Å². The van der Waals surface area contributed by atoms with Gasteiger partial charge in [0.15, 0.2) is 0 Å². The van der Waals surface area contributed by atoms with Crippen LogP contribution in [0.25, 0.3) is 0 Å². The zero-order valence-corrected chi connectivity index (χ0v) is 14.4. The molecule has 6 nitrogen and oxygen atoms in total. The number of hydrogen-bond acceptors (Lipinski definition) is 4. The maximum atomic E-state index is 13.4. The van der Waals surface area contributed by atoms with Gasteiger partial charge in [-0.25, -0.2) is 4.39 Å². The van der Waals surface area contributed by atoms with Crippen molar-refractivity contribution in [2.24, 2.45) is 5.16 Å². The molecule has 0 aliphatic carbocycles. The number of anilines is 1. The third-order valence-corrected chi connectivity index (χ3v) is 3.96. The van der Waals surface area contributed by atoms with Crippen LogP contribution in [0.2, 0.25) is 0 Å². The predicted octanol–water partition coefficient (Wildman–Crippen LogP) is 2.87. The number of halogens is 1. The van der Waals surface area contributed by atoms with Crippen molar-refractivity contribution in [1.82, 2.24) is 5.32 Å². The van der Waals surface area contributed by atoms with Crippen LogP contribution in [0, 0.1) is 5.82 Å². The molecule has 1 aliphatic heterocycles. The maximum Gasteiger partial charge on any atom is 0.268 e. The highest BCUT2D eigenvalue weighted by Crippen LogP contribution is 2.21. The molecule has 138 valence electrons. The summed E-state index contributed by atoms with van der Waals surface area (Å²) in [7, 11) is 0. The van der Waals surface area contributed by atoms with Crippen LogP contribution in [0.1, 0.15) is 22.3 Å². The van der Waals surface area contributed by atoms with Gasteiger partial charge in [0, 0.05) is 18.5 Å². The van der Waals surface area contributed by atoms with Gasteiger partial charge in [-0.2, -0.15) is 0 Å². The summed E-state index contributed by atoms with van der Waals surface area (Å²) in [6.07, 6.45) is 0.921. The van der Waals surface area contributed by atoms with Gasteiger partial charge in [-0.15, -0.1) is 6.58 Å². The van der Waals surface area contributed by atoms with Crippen molar-refractivity contribution >= 4 is 23.2 Å². The van der Waals surface area contributed by atoms with Crippen LogP contribution >= 0.6 is 0 Å². The summed E-state index contributed by atoms with van der Waals surface area (Å²) in [5.74, 6) is -1.15. The topological polar surface area (TPSA) is 79.8 Å². The van der Waals surface area contributed by atoms with Crippen LogP contribution in [0.4, 0.5) is 10.1 Å². The Kier molecular flexibility index (Phi) is 5.61. The minimum atomic E-state index is -0.854. The number of carbonyl (C=O) groups excluding carboxylic acids is 2. The van der Waals surface area contributed by atoms with E-state index in [1.54, 1.807) is 42.5 Å². The Bertz CT molecular complexity index is 911. The Morgan fingerprint density at radius 3 is 2.85 bits per heavy atom. The van der Waals surface area contributed by atoms with E-state index in [4.69, 9.17) is 4.84 Å². The highest BCUT2D eigenvalue weighted by Gasteiger charge is 2.29. The lowest BCUT2D eigenvalue weighted by Gasteiger charge is -2.13. The third kappa shape index (κ3) is 4.38. The fraction of sp³-hybridized carbons (Fsp3) is 0.150. The molecule has 2 N–H and O–H groups in total. The van der Waals surface area contributed by atoms with Gasteiger partial charge < -0.3 is 15.5 Å². The van der Waals surface area contributed by atoms with Crippen LogP contribution in [0.3, 0.4) is 0 Å². The molecule has 1 atom stereocenters. The number of rotatable bonds is 6. The first-order chi connectivity index (χ1) is 13.1. The van der Waals surface area contributed by atoms with E-state index in [9.17, 15) is 14.0 Å². The predicted molar refractivity (Wildman–Crippen MR) is 100 cm³/mol. The Hall–Kier alpha value is -3.48. The average molecular weight is 367 g/mol. The summed E-state index contributed by atoms with van der Waals surface area (Å²) in [5, 5.41) is 9.25. The highest BCUT2D eigenvalue weighted by atomic mass is 19.1. The minimum Gasteiger partial charge on any atom is -0.382 e. The number of carbonyl (C=O) groups is 2. The monoisotopic (exact) mass is 367 g/mol. The molecule has 1 heterocycles. The molecule has 2 amide bonds. The molecule has 27 heavy (non-hydrogen) atoms. The van der Waals surface area contributed by atoms with Crippen molar-refractivity contribution in [2.45, 2.75) is 12.5 Å². The molecule has 7 heteroatoms. The van der Waals surface area contributed by atoms with Crippen LogP contribution in [-0.2, 0) is 9.63 Å². The smallest absolute Gasteiger partial charge is 0.268 e. The van der Waals surface area contributed by atoms with E-state index in [0.29, 0.717) is 29.1 Å². The molecule has 0 spiro atoms. The Balaban J connectivity index is 1.67. The molecule has 3 rings (SSSR count). The van der Waals surface area contributed by atoms with Gasteiger partial charge >= 0.3 is 0 Å². The van der Waals surface area contributed by atoms with E-state index in [1.165, 1.54) is 12.1 Å². The summed E-state index contributed by atoms with van der Waals surface area (Å²) >= 11 is 0. The van der Waals surface area contributed by atoms with Gasteiger partial charge in [-0.05, 0) is 24.3 Å². The molecule has 2 aromatic carbocycles. The van der Waals surface area contributed by atoms with E-state index in [0.717, 1.165) is 0 Å². The van der Waals surface area contributed by atoms with E-state index in [2.05, 4.69) is 22.4 Å². The highest BCUT2D eigenvalue weighted by molar-refractivity contribution is 6.08. The van der Waals surface area contributed by atoms with E-state index in [1.807, 2.05) is 0 Å². The van der Waals surface area contributed by atoms with Crippen LogP contribution < -0.4 is 10.6 Å². The summed E-state index contributed by atoms with van der Waals surface area (Å²) in [4.78, 5) is 29.9. The number of hydrogen-bond donors (Lipinski definition) is 2. The average Bonchev–Trinajstić information content (AvgIpc) is 3.17. The molecule has 0 saturated heterocycles. The van der Waals surface area contributed by atoms with Crippen molar-refractivity contribution in [1.29, 1.82) is 0 Å². The summed E-state index contributed by atoms with van der Waals surface area (Å²) in [5.41, 5.74) is 1.75. The second-order valence-corrected chi connectivity index (χ2v) is 5.88. The molecule has 0 fully saturated rings. The van der Waals surface area contributed by atoms with Crippen molar-refractivity contribution in [3.05, 3.63) is 78.1 Å². The van der Waals surface area contributed by atoms with Crippen molar-refractivity contribution < 1.29 is 18.8 Å². The minimum absolute atomic E-state index is 0.208. The normalized spacial score (nSPS) is 15.4. The molecule has 0 bridgehead atoms. The van der Waals surface area contributed by atoms with E-state index >= 15 is 0 Å². The van der Waals surface area contributed by atoms with Gasteiger partial charge in [-0.1, -0.05) is 35.5 Å². The molecule has 0 radical (unpaired) electrons. The molecule has 1 unspecified atom stereocenters. The molecule has 0 saturated carbocycles. The standard InChI is InChI=1S/C20H18FN3O3/c1-2-10-22-19(25)15-8-3-4-9-16(15)23-20(26)18-12-17(24-27-18)13-6-5-7-14(21)11-13/h2-9,11,18H,1,10,12H2,(H,22,25)(H,23,26). The van der Waals surface area contributed by atoms with Crippen LogP contribution in [-0.4, -0.2) is 30.2 Å². The lowest BCUT2D eigenvalue weighted by Crippen LogP contribution is -2.30. The molecular formula is C20H18FN3O3. The zero-order valence-electron chi connectivity index (χ0n) is 14.4. The van der Waals surface area contributed by atoms with E-state index in [-0.39, 0.29) is 18.1 Å². The van der Waals surface area contributed by atoms with Gasteiger partial charge in [0.2, 0.25) is 6.10 Å². The van der Waals surface area contributed by atoms with Gasteiger partial charge in [0.25, 0.3) is 11.8 Å². The first-order valence-corrected chi connectivity index (χ1v) is 8.36. The Morgan fingerprint density at radius 2 is 2.07 bits per heavy atom. The Labute approximate surface area is 155 Å². The second-order valence-electron chi connectivity index (χ2n) is 5.88. The fourth-order valence-electron chi connectivity index (χ4n) is 2.62. The zero-order chi connectivity index (χ0) is 19.2. The SMILES string of the molecule is C=CCNC(=O)c1ccccc1NC(=O)C1CC(c2cccc(F)c2)=NO1. The number of amides is 2. The number of nitrogens with zero attached hydrogens (tertiary/aromatic N) is 1. The summed E-state index contributed by atoms with van der Waals surface area (Å²) in [6.45, 7) is 3.87. The lowest BCUT2D eigenvalue weighted by atomic mass is 10.0. The van der Waals surface area contributed by atoms with Gasteiger partial charge in [0.05, 0.1) is 17.0 Å². The van der Waals surface area contributed by atoms with Crippen molar-refractivity contribution in [3.8, 4) is 0 Å². The molecule has 0 aromatic heterocycles. The third-order valence-electron chi connectivity index (χ3n) is 3.96. The van der Waals surface area contributed by atoms with Gasteiger partial charge in [-0.3, -0.25) is 9.59 Å². The quantitative estimate of drug-likeness (QED) is 0.771. The first-order valence-electron chi connectivity index (χ1n) is 8.36. The number of benzene rings is 2. The molecule has 1 aliphatic rings. The fourth-order valence-corrected chi connectivity index (χ4v) is 2.62. The molecule has 2 aromatic rings. The maximum absolute atomic E-state index is 13.4. The number of oxime groups is 1. The summed E-state index contributed by atoms with van der Waals surface area (Å²) in [6, 6.07) is 12.6. The van der Waals surface area contributed by atoms with Crippen molar-refractivity contribution in [2.75, 3.05) is 11.9 Å². The Morgan fingerprint density at radius 1 is 1.26 bits per heavy atom. The summed E-state index contributed by atoms with van der Waals surface area (Å²) < 4.78 is 13.4. The van der Waals surface area contributed by atoms with Gasteiger partial charge in [0.1, 0.15) is 5.82 Å². The lowest BCUT2D eigenvalue weighted by molar-refractivity contribution is -0.125. The van der Waals surface area contributed by atoms with E-state index < -0.39 is 12.0 Å². The van der Waals surface area contributed by atoms with Crippen LogP contribution in [0.5, 0.6) is 0 Å². The largest absolute Gasteiger partial charge is 0.382 e.